The Labute approximate surface area is 182 Å². The fraction of sp³-hybridized carbons (Fsp3) is 0.280. The van der Waals surface area contributed by atoms with Crippen LogP contribution in [0.5, 0.6) is 11.5 Å². The molecule has 4 aromatic rings. The Kier molecular flexibility index (Phi) is 4.78. The van der Waals surface area contributed by atoms with Gasteiger partial charge < -0.3 is 23.4 Å². The largest absolute Gasteiger partial charge is 0.507 e. The van der Waals surface area contributed by atoms with Crippen molar-refractivity contribution in [1.82, 2.24) is 0 Å². The van der Waals surface area contributed by atoms with Crippen LogP contribution < -0.4 is 16.0 Å². The minimum absolute atomic E-state index is 0.0883. The van der Waals surface area contributed by atoms with Crippen LogP contribution in [-0.4, -0.2) is 18.5 Å². The van der Waals surface area contributed by atoms with Gasteiger partial charge in [-0.05, 0) is 36.1 Å². The summed E-state index contributed by atoms with van der Waals surface area (Å²) in [5.41, 5.74) is 1.08. The van der Waals surface area contributed by atoms with Crippen LogP contribution in [0.2, 0.25) is 0 Å². The molecule has 0 saturated heterocycles. The Balaban J connectivity index is 1.83. The van der Waals surface area contributed by atoms with Crippen molar-refractivity contribution in [1.29, 1.82) is 0 Å². The Hall–Kier alpha value is -3.58. The summed E-state index contributed by atoms with van der Waals surface area (Å²) in [6, 6.07) is 10.8. The highest BCUT2D eigenvalue weighted by atomic mass is 16.7. The summed E-state index contributed by atoms with van der Waals surface area (Å²) in [4.78, 5) is 26.2. The van der Waals surface area contributed by atoms with Crippen LogP contribution in [0, 0.1) is 0 Å². The Morgan fingerprint density at radius 2 is 1.44 bits per heavy atom. The van der Waals surface area contributed by atoms with E-state index in [1.807, 2.05) is 32.0 Å². The molecule has 1 N–H and O–H groups in total. The van der Waals surface area contributed by atoms with Crippen LogP contribution in [0.4, 0.5) is 0 Å². The molecule has 0 aliphatic carbocycles. The molecular weight excluding hydrogens is 412 g/mol. The van der Waals surface area contributed by atoms with Gasteiger partial charge in [0.15, 0.2) is 0 Å². The quantitative estimate of drug-likeness (QED) is 0.480. The van der Waals surface area contributed by atoms with E-state index >= 15 is 0 Å². The molecule has 0 amide bonds. The first kappa shape index (κ1) is 20.3. The van der Waals surface area contributed by atoms with Crippen molar-refractivity contribution >= 4 is 21.9 Å². The average Bonchev–Trinajstić information content (AvgIpc) is 3.19. The summed E-state index contributed by atoms with van der Waals surface area (Å²) in [5.74, 6) is -0.965. The number of hydrogen-bond acceptors (Lipinski definition) is 7. The van der Waals surface area contributed by atoms with Gasteiger partial charge in [0.2, 0.25) is 6.29 Å². The van der Waals surface area contributed by atoms with Gasteiger partial charge >= 0.3 is 11.3 Å². The van der Waals surface area contributed by atoms with E-state index in [0.717, 1.165) is 11.1 Å². The Bertz CT molecular complexity index is 1480. The standard InChI is InChI=1S/C25H22O7/c1-4-12-8-6-10-14-19(26)17(23(27)30-20(12)14)16-18-22(32-25(16)29-3)15-11-7-9-13(5-2)21(15)31-24(18)28/h6-11,16,25-26H,4-5H2,1-3H3. The highest BCUT2D eigenvalue weighted by molar-refractivity contribution is 5.89. The molecule has 0 spiro atoms. The maximum Gasteiger partial charge on any atom is 0.344 e. The van der Waals surface area contributed by atoms with Gasteiger partial charge in [-0.15, -0.1) is 0 Å². The van der Waals surface area contributed by atoms with Crippen molar-refractivity contribution in [2.75, 3.05) is 7.11 Å². The number of ether oxygens (including phenoxy) is 2. The van der Waals surface area contributed by atoms with Gasteiger partial charge in [0.25, 0.3) is 0 Å². The molecule has 0 saturated carbocycles. The van der Waals surface area contributed by atoms with Gasteiger partial charge in [0.05, 0.1) is 27.8 Å². The minimum Gasteiger partial charge on any atom is -0.507 e. The summed E-state index contributed by atoms with van der Waals surface area (Å²) in [5, 5.41) is 12.1. The van der Waals surface area contributed by atoms with Crippen LogP contribution in [-0.2, 0) is 17.6 Å². The first-order chi connectivity index (χ1) is 15.5. The maximum atomic E-state index is 13.1. The first-order valence-electron chi connectivity index (χ1n) is 10.6. The third-order valence-electron chi connectivity index (χ3n) is 6.14. The van der Waals surface area contributed by atoms with Crippen LogP contribution in [0.1, 0.15) is 42.0 Å². The number of methoxy groups -OCH3 is 1. The zero-order valence-corrected chi connectivity index (χ0v) is 17.9. The molecule has 2 unspecified atom stereocenters. The van der Waals surface area contributed by atoms with Crippen molar-refractivity contribution < 1.29 is 23.4 Å². The third-order valence-corrected chi connectivity index (χ3v) is 6.14. The molecule has 1 aliphatic heterocycles. The van der Waals surface area contributed by atoms with Crippen molar-refractivity contribution in [2.45, 2.75) is 38.9 Å². The smallest absolute Gasteiger partial charge is 0.344 e. The monoisotopic (exact) mass is 434 g/mol. The molecule has 3 heterocycles. The van der Waals surface area contributed by atoms with Crippen LogP contribution in [0.25, 0.3) is 21.9 Å². The third kappa shape index (κ3) is 2.78. The van der Waals surface area contributed by atoms with Gasteiger partial charge in [-0.1, -0.05) is 38.1 Å². The van der Waals surface area contributed by atoms with Gasteiger partial charge in [-0.25, -0.2) is 9.59 Å². The van der Waals surface area contributed by atoms with Crippen LogP contribution in [0.15, 0.2) is 54.8 Å². The number of para-hydroxylation sites is 2. The Morgan fingerprint density at radius 1 is 0.875 bits per heavy atom. The van der Waals surface area contributed by atoms with Crippen molar-refractivity contribution in [2.24, 2.45) is 0 Å². The summed E-state index contributed by atoms with van der Waals surface area (Å²) in [6.07, 6.45) is 0.291. The van der Waals surface area contributed by atoms with Crippen molar-refractivity contribution in [3.63, 3.8) is 0 Å². The zero-order chi connectivity index (χ0) is 22.6. The van der Waals surface area contributed by atoms with Gasteiger partial charge in [0, 0.05) is 7.11 Å². The van der Waals surface area contributed by atoms with Gasteiger partial charge in [0.1, 0.15) is 22.7 Å². The zero-order valence-electron chi connectivity index (χ0n) is 17.9. The fourth-order valence-corrected chi connectivity index (χ4v) is 4.56. The normalized spacial score (nSPS) is 17.6. The van der Waals surface area contributed by atoms with E-state index in [-0.39, 0.29) is 16.9 Å². The second kappa shape index (κ2) is 7.53. The van der Waals surface area contributed by atoms with Gasteiger partial charge in [-0.3, -0.25) is 0 Å². The molecule has 32 heavy (non-hydrogen) atoms. The summed E-state index contributed by atoms with van der Waals surface area (Å²) in [6.45, 7) is 3.90. The molecule has 0 bridgehead atoms. The number of fused-ring (bicyclic) bond motifs is 4. The van der Waals surface area contributed by atoms with E-state index in [1.54, 1.807) is 18.2 Å². The lowest BCUT2D eigenvalue weighted by Gasteiger charge is -2.18. The molecule has 2 aromatic heterocycles. The molecule has 0 fully saturated rings. The second-order valence-corrected chi connectivity index (χ2v) is 7.78. The summed E-state index contributed by atoms with van der Waals surface area (Å²) < 4.78 is 22.8. The van der Waals surface area contributed by atoms with E-state index in [1.165, 1.54) is 7.11 Å². The molecule has 5 rings (SSSR count). The molecule has 0 radical (unpaired) electrons. The van der Waals surface area contributed by atoms with Gasteiger partial charge in [-0.2, -0.15) is 0 Å². The Morgan fingerprint density at radius 3 is 2.03 bits per heavy atom. The molecule has 7 heteroatoms. The molecule has 2 aromatic carbocycles. The topological polar surface area (TPSA) is 99.1 Å². The van der Waals surface area contributed by atoms with E-state index in [0.29, 0.717) is 40.5 Å². The van der Waals surface area contributed by atoms with E-state index < -0.39 is 23.5 Å². The van der Waals surface area contributed by atoms with E-state index in [9.17, 15) is 14.7 Å². The lowest BCUT2D eigenvalue weighted by Crippen LogP contribution is -2.28. The SMILES string of the molecule is CCc1cccc2c(O)c(C3c4c(c5cccc(CC)c5oc4=O)OC3OC)c(=O)oc12. The molecule has 2 atom stereocenters. The predicted molar refractivity (Wildman–Crippen MR) is 119 cm³/mol. The fourth-order valence-electron chi connectivity index (χ4n) is 4.56. The van der Waals surface area contributed by atoms with Crippen molar-refractivity contribution in [3.8, 4) is 11.5 Å². The van der Waals surface area contributed by atoms with Crippen molar-refractivity contribution in [3.05, 3.63) is 79.5 Å². The summed E-state index contributed by atoms with van der Waals surface area (Å²) >= 11 is 0. The van der Waals surface area contributed by atoms with Crippen LogP contribution in [0.3, 0.4) is 0 Å². The second-order valence-electron chi connectivity index (χ2n) is 7.78. The number of benzene rings is 2. The van der Waals surface area contributed by atoms with E-state index in [4.69, 9.17) is 18.3 Å². The lowest BCUT2D eigenvalue weighted by atomic mass is 9.91. The highest BCUT2D eigenvalue weighted by Gasteiger charge is 2.44. The number of rotatable bonds is 4. The predicted octanol–water partition coefficient (Wildman–Crippen LogP) is 4.23. The van der Waals surface area contributed by atoms with E-state index in [2.05, 4.69) is 0 Å². The summed E-state index contributed by atoms with van der Waals surface area (Å²) in [7, 11) is 1.42. The molecule has 164 valence electrons. The molecule has 1 aliphatic rings. The number of aromatic hydroxyl groups is 1. The first-order valence-corrected chi connectivity index (χ1v) is 10.6. The highest BCUT2D eigenvalue weighted by Crippen LogP contribution is 2.47. The lowest BCUT2D eigenvalue weighted by molar-refractivity contribution is -0.0472. The molecule has 7 nitrogen and oxygen atoms in total. The maximum absolute atomic E-state index is 13.1. The average molecular weight is 434 g/mol. The van der Waals surface area contributed by atoms with Crippen LogP contribution >= 0.6 is 0 Å². The molecular formula is C25H22O7. The number of aryl methyl sites for hydroxylation is 2. The number of hydrogen-bond donors (Lipinski definition) is 1. The minimum atomic E-state index is -1.01.